The maximum Gasteiger partial charge on any atom is 0.137 e. The zero-order chi connectivity index (χ0) is 25.5. The molecule has 36 heavy (non-hydrogen) atoms. The van der Waals surface area contributed by atoms with Gasteiger partial charge in [0.05, 0.1) is 12.2 Å². The first-order valence-electron chi connectivity index (χ1n) is 14.9. The number of rotatable bonds is 8. The fourth-order valence-electron chi connectivity index (χ4n) is 9.53. The van der Waals surface area contributed by atoms with Gasteiger partial charge in [0.2, 0.25) is 0 Å². The lowest BCUT2D eigenvalue weighted by Gasteiger charge is -2.57. The van der Waals surface area contributed by atoms with E-state index in [4.69, 9.17) is 4.74 Å². The van der Waals surface area contributed by atoms with Crippen LogP contribution in [0, 0.1) is 46.7 Å². The van der Waals surface area contributed by atoms with Crippen LogP contribution in [0.15, 0.2) is 24.3 Å². The first-order chi connectivity index (χ1) is 17.3. The molecule has 0 amide bonds. The molecule has 4 saturated carbocycles. The molecular formula is C32H47FO3. The van der Waals surface area contributed by atoms with Crippen LogP contribution in [-0.4, -0.2) is 29.7 Å². The van der Waals surface area contributed by atoms with Crippen molar-refractivity contribution < 1.29 is 19.0 Å². The Balaban J connectivity index is 1.25. The Kier molecular flexibility index (Phi) is 7.67. The van der Waals surface area contributed by atoms with Crippen LogP contribution in [0.5, 0.6) is 0 Å². The second-order valence-corrected chi connectivity index (χ2v) is 13.0. The number of carbonyl (C=O) groups is 1. The molecule has 0 unspecified atom stereocenters. The third-order valence-corrected chi connectivity index (χ3v) is 11.3. The molecular weight excluding hydrogens is 451 g/mol. The topological polar surface area (TPSA) is 46.5 Å². The lowest BCUT2D eigenvalue weighted by Crippen LogP contribution is -2.52. The number of benzene rings is 1. The van der Waals surface area contributed by atoms with E-state index >= 15 is 0 Å². The van der Waals surface area contributed by atoms with E-state index in [0.717, 1.165) is 55.4 Å². The molecule has 3 nitrogen and oxygen atoms in total. The van der Waals surface area contributed by atoms with Gasteiger partial charge in [-0.15, -0.1) is 0 Å². The number of Topliss-reactive ketones (excluding diaryl/α,β-unsaturated/α-hetero) is 1. The third kappa shape index (κ3) is 4.82. The summed E-state index contributed by atoms with van der Waals surface area (Å²) in [5.41, 5.74) is 0.602. The molecule has 4 fully saturated rings. The van der Waals surface area contributed by atoms with Gasteiger partial charge in [-0.3, -0.25) is 4.79 Å². The number of hydrogen-bond donors (Lipinski definition) is 1. The highest BCUT2D eigenvalue weighted by Crippen LogP contribution is 2.65. The summed E-state index contributed by atoms with van der Waals surface area (Å²) in [5, 5.41) is 11.1. The Morgan fingerprint density at radius 3 is 2.50 bits per heavy atom. The van der Waals surface area contributed by atoms with Gasteiger partial charge in [0.25, 0.3) is 0 Å². The quantitative estimate of drug-likeness (QED) is 0.409. The van der Waals surface area contributed by atoms with E-state index < -0.39 is 5.60 Å². The molecule has 1 aromatic rings. The molecule has 4 aliphatic rings. The van der Waals surface area contributed by atoms with Crippen LogP contribution in [0.25, 0.3) is 0 Å². The predicted octanol–water partition coefficient (Wildman–Crippen LogP) is 7.31. The van der Waals surface area contributed by atoms with Gasteiger partial charge in [0, 0.05) is 18.9 Å². The molecule has 0 bridgehead atoms. The van der Waals surface area contributed by atoms with Crippen LogP contribution < -0.4 is 0 Å². The van der Waals surface area contributed by atoms with E-state index in [9.17, 15) is 14.3 Å². The number of ketones is 1. The monoisotopic (exact) mass is 498 g/mol. The highest BCUT2D eigenvalue weighted by molar-refractivity contribution is 5.83. The smallest absolute Gasteiger partial charge is 0.137 e. The summed E-state index contributed by atoms with van der Waals surface area (Å²) in [6, 6.07) is 6.77. The highest BCUT2D eigenvalue weighted by Gasteiger charge is 2.59. The average Bonchev–Trinajstić information content (AvgIpc) is 3.23. The van der Waals surface area contributed by atoms with Crippen LogP contribution in [0.2, 0.25) is 0 Å². The van der Waals surface area contributed by atoms with Gasteiger partial charge >= 0.3 is 0 Å². The summed E-state index contributed by atoms with van der Waals surface area (Å²) in [6.07, 6.45) is 11.6. The average molecular weight is 499 g/mol. The maximum atomic E-state index is 13.7. The van der Waals surface area contributed by atoms with Crippen molar-refractivity contribution in [3.63, 3.8) is 0 Å². The minimum Gasteiger partial charge on any atom is -0.387 e. The standard InChI is InChI=1S/C32H47FO3/c1-4-21(22-6-9-24(33)10-7-22)18-30(34)29-13-12-28-27-11-8-23-19-32(35,20-36-5-2)17-15-25(23)26(27)14-16-31(28,29)3/h6-7,9-10,21,23,25-29,35H,4-5,8,11-20H2,1-3H3/t21-,23-,25+,26-,27-,28+,29-,31+,32-/m1/s1. The Hall–Kier alpha value is -1.26. The molecule has 200 valence electrons. The van der Waals surface area contributed by atoms with Crippen LogP contribution >= 0.6 is 0 Å². The van der Waals surface area contributed by atoms with Crippen LogP contribution in [0.3, 0.4) is 0 Å². The van der Waals surface area contributed by atoms with Crippen molar-refractivity contribution in [3.8, 4) is 0 Å². The van der Waals surface area contributed by atoms with Gasteiger partial charge in [-0.2, -0.15) is 0 Å². The molecule has 0 spiro atoms. The Morgan fingerprint density at radius 1 is 1.03 bits per heavy atom. The van der Waals surface area contributed by atoms with Crippen molar-refractivity contribution in [3.05, 3.63) is 35.6 Å². The molecule has 0 saturated heterocycles. The van der Waals surface area contributed by atoms with E-state index in [1.165, 1.54) is 44.2 Å². The van der Waals surface area contributed by atoms with Gasteiger partial charge in [-0.05, 0) is 130 Å². The van der Waals surface area contributed by atoms with Crippen molar-refractivity contribution in [2.24, 2.45) is 40.9 Å². The SMILES string of the molecule is CCOC[C@@]1(O)CC[C@H]2[C@H](CC[C@@H]3[C@@H]2CC[C@]2(C)[C@@H](C(=O)C[C@@H](CC)c4ccc(F)cc4)CC[C@@H]32)C1. The molecule has 1 N–H and O–H groups in total. The summed E-state index contributed by atoms with van der Waals surface area (Å²) in [6.45, 7) is 7.75. The molecule has 0 aromatic heterocycles. The first kappa shape index (κ1) is 26.4. The molecule has 4 heteroatoms. The number of halogens is 1. The van der Waals surface area contributed by atoms with Crippen molar-refractivity contribution in [1.29, 1.82) is 0 Å². The Morgan fingerprint density at radius 2 is 1.78 bits per heavy atom. The molecule has 0 heterocycles. The second-order valence-electron chi connectivity index (χ2n) is 13.0. The zero-order valence-electron chi connectivity index (χ0n) is 22.7. The normalized spacial score (nSPS) is 40.7. The highest BCUT2D eigenvalue weighted by atomic mass is 19.1. The van der Waals surface area contributed by atoms with Crippen LogP contribution in [0.1, 0.15) is 103 Å². The maximum absolute atomic E-state index is 13.7. The van der Waals surface area contributed by atoms with Crippen molar-refractivity contribution >= 4 is 5.78 Å². The van der Waals surface area contributed by atoms with E-state index in [1.807, 2.05) is 19.1 Å². The lowest BCUT2D eigenvalue weighted by atomic mass is 9.48. The molecule has 0 radical (unpaired) electrons. The molecule has 1 aromatic carbocycles. The van der Waals surface area contributed by atoms with Gasteiger partial charge < -0.3 is 9.84 Å². The Bertz CT molecular complexity index is 914. The van der Waals surface area contributed by atoms with Crippen molar-refractivity contribution in [2.75, 3.05) is 13.2 Å². The third-order valence-electron chi connectivity index (χ3n) is 11.3. The zero-order valence-corrected chi connectivity index (χ0v) is 22.7. The van der Waals surface area contributed by atoms with Gasteiger partial charge in [0.1, 0.15) is 11.6 Å². The largest absolute Gasteiger partial charge is 0.387 e. The molecule has 9 atom stereocenters. The lowest BCUT2D eigenvalue weighted by molar-refractivity contribution is -0.137. The summed E-state index contributed by atoms with van der Waals surface area (Å²) in [4.78, 5) is 13.7. The first-order valence-corrected chi connectivity index (χ1v) is 14.9. The molecule has 5 rings (SSSR count). The fourth-order valence-corrected chi connectivity index (χ4v) is 9.53. The predicted molar refractivity (Wildman–Crippen MR) is 141 cm³/mol. The van der Waals surface area contributed by atoms with E-state index in [1.54, 1.807) is 0 Å². The van der Waals surface area contributed by atoms with E-state index in [0.29, 0.717) is 37.3 Å². The van der Waals surface area contributed by atoms with Crippen LogP contribution in [-0.2, 0) is 9.53 Å². The van der Waals surface area contributed by atoms with Crippen molar-refractivity contribution in [2.45, 2.75) is 103 Å². The Labute approximate surface area is 217 Å². The minimum absolute atomic E-state index is 0.135. The van der Waals surface area contributed by atoms with E-state index in [2.05, 4.69) is 13.8 Å². The van der Waals surface area contributed by atoms with Gasteiger partial charge in [0.15, 0.2) is 0 Å². The van der Waals surface area contributed by atoms with Gasteiger partial charge in [-0.1, -0.05) is 26.0 Å². The molecule has 0 aliphatic heterocycles. The molecule has 4 aliphatic carbocycles. The summed E-state index contributed by atoms with van der Waals surface area (Å²) < 4.78 is 19.1. The summed E-state index contributed by atoms with van der Waals surface area (Å²) >= 11 is 0. The fraction of sp³-hybridized carbons (Fsp3) is 0.781. The second kappa shape index (κ2) is 10.5. The number of fused-ring (bicyclic) bond motifs is 5. The van der Waals surface area contributed by atoms with Crippen molar-refractivity contribution in [1.82, 2.24) is 0 Å². The summed E-state index contributed by atoms with van der Waals surface area (Å²) in [5.74, 6) is 4.17. The van der Waals surface area contributed by atoms with Crippen LogP contribution in [0.4, 0.5) is 4.39 Å². The van der Waals surface area contributed by atoms with Gasteiger partial charge in [-0.25, -0.2) is 4.39 Å². The minimum atomic E-state index is -0.627. The number of carbonyl (C=O) groups excluding carboxylic acids is 1. The number of hydrogen-bond acceptors (Lipinski definition) is 3. The number of aliphatic hydroxyl groups is 1. The van der Waals surface area contributed by atoms with E-state index in [-0.39, 0.29) is 23.1 Å². The summed E-state index contributed by atoms with van der Waals surface area (Å²) in [7, 11) is 0. The number of ether oxygens (including phenoxy) is 1.